The Labute approximate surface area is 278 Å². The molecule has 5 atom stereocenters. The van der Waals surface area contributed by atoms with E-state index in [2.05, 4.69) is 22.5 Å². The van der Waals surface area contributed by atoms with E-state index >= 15 is 0 Å². The Morgan fingerprint density at radius 2 is 1.87 bits per heavy atom. The lowest BCUT2D eigenvalue weighted by atomic mass is 9.86. The molecule has 47 heavy (non-hydrogen) atoms. The van der Waals surface area contributed by atoms with Gasteiger partial charge in [-0.25, -0.2) is 13.2 Å². The number of aliphatic hydroxyl groups is 1. The molecular formula is C34H51N5O7S. The molecule has 1 aliphatic carbocycles. The number of likely N-dealkylation sites (tertiary alicyclic amines) is 1. The molecule has 1 aromatic carbocycles. The van der Waals surface area contributed by atoms with Gasteiger partial charge in [-0.2, -0.15) is 4.31 Å². The number of amides is 3. The van der Waals surface area contributed by atoms with Gasteiger partial charge in [-0.05, 0) is 68.4 Å². The van der Waals surface area contributed by atoms with Crippen molar-refractivity contribution in [2.75, 3.05) is 26.2 Å². The average Bonchev–Trinajstić information content (AvgIpc) is 3.47. The van der Waals surface area contributed by atoms with Crippen LogP contribution in [0.1, 0.15) is 71.3 Å². The van der Waals surface area contributed by atoms with Gasteiger partial charge in [-0.1, -0.05) is 57.2 Å². The van der Waals surface area contributed by atoms with Crippen LogP contribution < -0.4 is 16.0 Å². The molecular weight excluding hydrogens is 622 g/mol. The lowest BCUT2D eigenvalue weighted by Gasteiger charge is -2.37. The molecule has 0 spiro atoms. The number of hydrogen-bond acceptors (Lipinski definition) is 7. The van der Waals surface area contributed by atoms with Gasteiger partial charge in [0.05, 0.1) is 17.5 Å². The maximum Gasteiger partial charge on any atom is 0.324 e. The lowest BCUT2D eigenvalue weighted by molar-refractivity contribution is -0.143. The molecule has 2 aliphatic heterocycles. The summed E-state index contributed by atoms with van der Waals surface area (Å²) in [5, 5.41) is 29.4. The molecule has 1 saturated heterocycles. The van der Waals surface area contributed by atoms with Crippen LogP contribution in [-0.2, 0) is 26.0 Å². The molecule has 1 saturated carbocycles. The van der Waals surface area contributed by atoms with E-state index in [0.717, 1.165) is 31.2 Å². The minimum absolute atomic E-state index is 0.0738. The number of benzene rings is 1. The van der Waals surface area contributed by atoms with E-state index in [1.165, 1.54) is 9.21 Å². The van der Waals surface area contributed by atoms with E-state index < -0.39 is 57.2 Å². The Balaban J connectivity index is 1.30. The van der Waals surface area contributed by atoms with Crippen LogP contribution in [0.15, 0.2) is 54.0 Å². The second kappa shape index (κ2) is 15.3. The van der Waals surface area contributed by atoms with Crippen LogP contribution in [0.4, 0.5) is 4.79 Å². The Kier molecular flexibility index (Phi) is 11.9. The standard InChI is InChI=1S/C34H51N5O7S/c1-5-6-7-8-9-10-15-25-21-34(25,31(42)43)37-30(41)26-16-13-19-39(26)29(40)22-35-32(44)36-28(33(2,3)4)23-38-20-18-24-14-11-12-17-27(24)47(38,45)46/h5,10-12,14-15,17,25-26,28,30,37,41H,1,6-9,13,16,18-23H2,2-4H3,(H,42,43)(H2,35,36,44)/b15-10-/t25?,26-,28?,30?,34+/m0/s1. The highest BCUT2D eigenvalue weighted by molar-refractivity contribution is 7.89. The molecule has 0 aromatic heterocycles. The van der Waals surface area contributed by atoms with Gasteiger partial charge in [0.2, 0.25) is 15.9 Å². The SMILES string of the molecule is C=CCCCC/C=C\C1C[C@]1(NC(O)[C@@H]1CCCN1C(=O)CNC(=O)NC(CN1CCc2ccccc2S1(=O)=O)C(C)(C)C)C(=O)O. The van der Waals surface area contributed by atoms with Crippen molar-refractivity contribution in [2.24, 2.45) is 11.3 Å². The lowest BCUT2D eigenvalue weighted by Crippen LogP contribution is -2.58. The predicted molar refractivity (Wildman–Crippen MR) is 179 cm³/mol. The summed E-state index contributed by atoms with van der Waals surface area (Å²) in [6.45, 7) is 9.86. The first-order valence-corrected chi connectivity index (χ1v) is 18.0. The molecule has 3 unspecified atom stereocenters. The fourth-order valence-electron chi connectivity index (χ4n) is 6.46. The number of aliphatic carboxylic acids is 1. The first kappa shape index (κ1) is 36.6. The number of nitrogens with one attached hydrogen (secondary N) is 3. The van der Waals surface area contributed by atoms with E-state index in [9.17, 15) is 33.0 Å². The van der Waals surface area contributed by atoms with Gasteiger partial charge in [0.25, 0.3) is 0 Å². The number of carboxylic acids is 1. The third kappa shape index (κ3) is 8.81. The van der Waals surface area contributed by atoms with Crippen LogP contribution in [0.5, 0.6) is 0 Å². The number of hydrogen-bond donors (Lipinski definition) is 5. The van der Waals surface area contributed by atoms with Crippen molar-refractivity contribution in [1.82, 2.24) is 25.2 Å². The smallest absolute Gasteiger partial charge is 0.324 e. The van der Waals surface area contributed by atoms with Gasteiger partial charge < -0.3 is 25.7 Å². The summed E-state index contributed by atoms with van der Waals surface area (Å²) in [6, 6.07) is 5.13. The Morgan fingerprint density at radius 3 is 2.57 bits per heavy atom. The van der Waals surface area contributed by atoms with Crippen molar-refractivity contribution in [3.05, 3.63) is 54.6 Å². The van der Waals surface area contributed by atoms with E-state index in [4.69, 9.17) is 0 Å². The summed E-state index contributed by atoms with van der Waals surface area (Å²) in [4.78, 5) is 40.2. The van der Waals surface area contributed by atoms with Crippen molar-refractivity contribution >= 4 is 27.9 Å². The van der Waals surface area contributed by atoms with Crippen LogP contribution in [0, 0.1) is 11.3 Å². The average molecular weight is 674 g/mol. The van der Waals surface area contributed by atoms with Gasteiger partial charge in [-0.15, -0.1) is 6.58 Å². The third-order valence-electron chi connectivity index (χ3n) is 9.54. The largest absolute Gasteiger partial charge is 0.480 e. The van der Waals surface area contributed by atoms with Crippen molar-refractivity contribution in [3.63, 3.8) is 0 Å². The fourth-order valence-corrected chi connectivity index (χ4v) is 8.17. The van der Waals surface area contributed by atoms with Gasteiger partial charge in [-0.3, -0.25) is 14.9 Å². The second-order valence-corrected chi connectivity index (χ2v) is 15.8. The summed E-state index contributed by atoms with van der Waals surface area (Å²) >= 11 is 0. The number of rotatable bonds is 15. The molecule has 0 radical (unpaired) electrons. The fraction of sp³-hybridized carbons (Fsp3) is 0.618. The maximum absolute atomic E-state index is 13.3. The van der Waals surface area contributed by atoms with Crippen LogP contribution >= 0.6 is 0 Å². The number of nitrogens with zero attached hydrogens (tertiary/aromatic N) is 2. The number of unbranched alkanes of at least 4 members (excludes halogenated alkanes) is 3. The molecule has 260 valence electrons. The summed E-state index contributed by atoms with van der Waals surface area (Å²) in [5.74, 6) is -1.69. The summed E-state index contributed by atoms with van der Waals surface area (Å²) in [5.41, 5.74) is -0.998. The highest BCUT2D eigenvalue weighted by Crippen LogP contribution is 2.45. The molecule has 12 nitrogen and oxygen atoms in total. The van der Waals surface area contributed by atoms with E-state index in [1.54, 1.807) is 12.1 Å². The topological polar surface area (TPSA) is 168 Å². The zero-order valence-corrected chi connectivity index (χ0v) is 28.6. The molecule has 3 amide bonds. The van der Waals surface area contributed by atoms with Crippen LogP contribution in [0.3, 0.4) is 0 Å². The van der Waals surface area contributed by atoms with Crippen molar-refractivity contribution in [1.29, 1.82) is 0 Å². The number of carbonyl (C=O) groups is 3. The van der Waals surface area contributed by atoms with Crippen LogP contribution in [-0.4, -0.2) is 95.8 Å². The highest BCUT2D eigenvalue weighted by Gasteiger charge is 2.60. The quantitative estimate of drug-likeness (QED) is 0.108. The van der Waals surface area contributed by atoms with E-state index in [0.29, 0.717) is 38.8 Å². The minimum Gasteiger partial charge on any atom is -0.480 e. The minimum atomic E-state index is -3.72. The van der Waals surface area contributed by atoms with Crippen LogP contribution in [0.25, 0.3) is 0 Å². The van der Waals surface area contributed by atoms with Gasteiger partial charge >= 0.3 is 12.0 Å². The highest BCUT2D eigenvalue weighted by atomic mass is 32.2. The van der Waals surface area contributed by atoms with Gasteiger partial charge in [0.1, 0.15) is 11.8 Å². The number of carboxylic acid groups (broad SMARTS) is 1. The second-order valence-electron chi connectivity index (χ2n) is 13.9. The van der Waals surface area contributed by atoms with E-state index in [1.807, 2.05) is 51.1 Å². The number of urea groups is 1. The summed E-state index contributed by atoms with van der Waals surface area (Å²) < 4.78 is 28.0. The van der Waals surface area contributed by atoms with Gasteiger partial charge in [0.15, 0.2) is 0 Å². The third-order valence-corrected chi connectivity index (χ3v) is 11.5. The Bertz CT molecular complexity index is 1440. The van der Waals surface area contributed by atoms with Gasteiger partial charge in [0, 0.05) is 31.6 Å². The van der Waals surface area contributed by atoms with Crippen molar-refractivity contribution < 1.29 is 33.0 Å². The zero-order chi connectivity index (χ0) is 34.4. The van der Waals surface area contributed by atoms with E-state index in [-0.39, 0.29) is 23.9 Å². The Morgan fingerprint density at radius 1 is 1.15 bits per heavy atom. The molecule has 0 bridgehead atoms. The predicted octanol–water partition coefficient (Wildman–Crippen LogP) is 2.99. The van der Waals surface area contributed by atoms with Crippen molar-refractivity contribution in [3.8, 4) is 0 Å². The maximum atomic E-state index is 13.3. The monoisotopic (exact) mass is 673 g/mol. The first-order chi connectivity index (χ1) is 22.2. The summed E-state index contributed by atoms with van der Waals surface area (Å²) in [6.07, 6.45) is 10.4. The first-order valence-electron chi connectivity index (χ1n) is 16.6. The number of allylic oxidation sites excluding steroid dienone is 2. The Hall–Kier alpha value is -3.26. The molecule has 4 rings (SSSR count). The molecule has 2 fully saturated rings. The molecule has 1 aromatic rings. The summed E-state index contributed by atoms with van der Waals surface area (Å²) in [7, 11) is -3.72. The normalized spacial score (nSPS) is 25.1. The molecule has 2 heterocycles. The zero-order valence-electron chi connectivity index (χ0n) is 27.8. The number of sulfonamides is 1. The molecule has 5 N–H and O–H groups in total. The molecule has 13 heteroatoms. The number of fused-ring (bicyclic) bond motifs is 1. The van der Waals surface area contributed by atoms with Crippen LogP contribution in [0.2, 0.25) is 0 Å². The molecule has 3 aliphatic rings. The number of aliphatic hydroxyl groups excluding tert-OH is 1. The van der Waals surface area contributed by atoms with Crippen molar-refractivity contribution in [2.45, 2.75) is 101 Å². The number of carbonyl (C=O) groups excluding carboxylic acids is 2.